The van der Waals surface area contributed by atoms with Crippen LogP contribution in [0.5, 0.6) is 0 Å². The minimum atomic E-state index is -0.273. The van der Waals surface area contributed by atoms with Crippen LogP contribution in [-0.4, -0.2) is 53.7 Å². The summed E-state index contributed by atoms with van der Waals surface area (Å²) in [6.07, 6.45) is 2.72. The minimum absolute atomic E-state index is 0.0925. The lowest BCUT2D eigenvalue weighted by atomic mass is 9.94. The highest BCUT2D eigenvalue weighted by Crippen LogP contribution is 2.30. The van der Waals surface area contributed by atoms with Crippen LogP contribution in [0.2, 0.25) is 0 Å². The average Bonchev–Trinajstić information content (AvgIpc) is 2.74. The lowest BCUT2D eigenvalue weighted by molar-refractivity contribution is -0.132. The van der Waals surface area contributed by atoms with E-state index >= 15 is 0 Å². The fraction of sp³-hybridized carbons (Fsp3) is 0.409. The second-order valence-corrected chi connectivity index (χ2v) is 7.63. The highest BCUT2D eigenvalue weighted by atomic mass is 16.2. The van der Waals surface area contributed by atoms with E-state index in [1.165, 1.54) is 4.90 Å². The predicted molar refractivity (Wildman–Crippen MR) is 107 cm³/mol. The van der Waals surface area contributed by atoms with Gasteiger partial charge in [0.25, 0.3) is 11.8 Å². The summed E-state index contributed by atoms with van der Waals surface area (Å²) in [6, 6.07) is 11.0. The van der Waals surface area contributed by atoms with Crippen molar-refractivity contribution in [1.29, 1.82) is 0 Å². The molecule has 0 radical (unpaired) electrons. The molecular weight excluding hydrogens is 354 g/mol. The van der Waals surface area contributed by atoms with Crippen molar-refractivity contribution in [2.45, 2.75) is 25.7 Å². The smallest absolute Gasteiger partial charge is 0.261 e. The van der Waals surface area contributed by atoms with Gasteiger partial charge in [-0.2, -0.15) is 0 Å². The summed E-state index contributed by atoms with van der Waals surface area (Å²) in [5, 5.41) is 1.63. The zero-order valence-electron chi connectivity index (χ0n) is 15.9. The topological polar surface area (TPSA) is 83.7 Å². The SMILES string of the molecule is NCC1CCN(C(=O)CCCN2C(=O)c3cccc4cccc(c34)C2=O)CC1. The summed E-state index contributed by atoms with van der Waals surface area (Å²) in [4.78, 5) is 41.3. The Morgan fingerprint density at radius 1 is 1.00 bits per heavy atom. The van der Waals surface area contributed by atoms with E-state index in [2.05, 4.69) is 0 Å². The predicted octanol–water partition coefficient (Wildman–Crippen LogP) is 2.41. The van der Waals surface area contributed by atoms with E-state index in [0.717, 1.165) is 36.7 Å². The molecule has 0 saturated carbocycles. The Kier molecular flexibility index (Phi) is 5.13. The molecule has 6 nitrogen and oxygen atoms in total. The maximum Gasteiger partial charge on any atom is 0.261 e. The first kappa shape index (κ1) is 18.6. The Morgan fingerprint density at radius 2 is 1.61 bits per heavy atom. The molecule has 28 heavy (non-hydrogen) atoms. The van der Waals surface area contributed by atoms with E-state index in [9.17, 15) is 14.4 Å². The Hall–Kier alpha value is -2.73. The summed E-state index contributed by atoms with van der Waals surface area (Å²) in [5.41, 5.74) is 6.82. The summed E-state index contributed by atoms with van der Waals surface area (Å²) < 4.78 is 0. The molecule has 2 aromatic carbocycles. The first-order valence-corrected chi connectivity index (χ1v) is 9.96. The van der Waals surface area contributed by atoms with E-state index in [4.69, 9.17) is 5.73 Å². The number of piperidine rings is 1. The van der Waals surface area contributed by atoms with Crippen molar-refractivity contribution in [3.8, 4) is 0 Å². The maximum atomic E-state index is 12.9. The van der Waals surface area contributed by atoms with Gasteiger partial charge in [-0.05, 0) is 49.2 Å². The van der Waals surface area contributed by atoms with E-state index in [0.29, 0.717) is 36.4 Å². The Balaban J connectivity index is 1.40. The molecule has 2 aliphatic rings. The molecule has 0 bridgehead atoms. The van der Waals surface area contributed by atoms with Gasteiger partial charge in [-0.15, -0.1) is 0 Å². The van der Waals surface area contributed by atoms with Crippen molar-refractivity contribution in [1.82, 2.24) is 9.80 Å². The van der Waals surface area contributed by atoms with Gasteiger partial charge in [0.2, 0.25) is 5.91 Å². The van der Waals surface area contributed by atoms with Crippen molar-refractivity contribution < 1.29 is 14.4 Å². The van der Waals surface area contributed by atoms with E-state index < -0.39 is 0 Å². The van der Waals surface area contributed by atoms with Gasteiger partial charge < -0.3 is 10.6 Å². The second-order valence-electron chi connectivity index (χ2n) is 7.63. The van der Waals surface area contributed by atoms with Crippen LogP contribution in [0.3, 0.4) is 0 Å². The van der Waals surface area contributed by atoms with Gasteiger partial charge in [0, 0.05) is 42.6 Å². The number of rotatable bonds is 5. The molecular formula is C22H25N3O3. The summed E-state index contributed by atoms with van der Waals surface area (Å²) in [6.45, 7) is 2.43. The molecule has 6 heteroatoms. The van der Waals surface area contributed by atoms with Crippen molar-refractivity contribution >= 4 is 28.5 Å². The number of hydrogen-bond donors (Lipinski definition) is 1. The van der Waals surface area contributed by atoms with Crippen LogP contribution in [0.1, 0.15) is 46.4 Å². The van der Waals surface area contributed by atoms with Crippen LogP contribution in [-0.2, 0) is 4.79 Å². The van der Waals surface area contributed by atoms with Crippen LogP contribution in [0.25, 0.3) is 10.8 Å². The first-order valence-electron chi connectivity index (χ1n) is 9.96. The molecule has 2 aliphatic heterocycles. The van der Waals surface area contributed by atoms with Gasteiger partial charge >= 0.3 is 0 Å². The standard InChI is InChI=1S/C22H25N3O3/c23-14-15-9-12-24(13-10-15)19(26)8-3-11-25-21(27)17-6-1-4-16-5-2-7-18(20(16)17)22(25)28/h1-2,4-7,15H,3,8-14,23H2. The van der Waals surface area contributed by atoms with Crippen LogP contribution >= 0.6 is 0 Å². The highest BCUT2D eigenvalue weighted by Gasteiger charge is 2.32. The largest absolute Gasteiger partial charge is 0.343 e. The molecule has 0 unspecified atom stereocenters. The number of amides is 3. The number of nitrogens with two attached hydrogens (primary N) is 1. The number of benzene rings is 2. The van der Waals surface area contributed by atoms with Gasteiger partial charge in [-0.3, -0.25) is 19.3 Å². The number of carbonyl (C=O) groups is 3. The number of hydrogen-bond acceptors (Lipinski definition) is 4. The van der Waals surface area contributed by atoms with Crippen LogP contribution < -0.4 is 5.73 Å². The summed E-state index contributed by atoms with van der Waals surface area (Å²) >= 11 is 0. The minimum Gasteiger partial charge on any atom is -0.343 e. The molecule has 0 atom stereocenters. The van der Waals surface area contributed by atoms with E-state index in [-0.39, 0.29) is 24.3 Å². The Morgan fingerprint density at radius 3 is 2.18 bits per heavy atom. The molecule has 0 aliphatic carbocycles. The van der Waals surface area contributed by atoms with Crippen LogP contribution in [0, 0.1) is 5.92 Å². The molecule has 0 spiro atoms. The van der Waals surface area contributed by atoms with Crippen molar-refractivity contribution in [2.75, 3.05) is 26.2 Å². The first-order chi connectivity index (χ1) is 13.6. The van der Waals surface area contributed by atoms with Gasteiger partial charge in [-0.1, -0.05) is 24.3 Å². The Labute approximate surface area is 164 Å². The van der Waals surface area contributed by atoms with Crippen LogP contribution in [0.4, 0.5) is 0 Å². The molecule has 1 fully saturated rings. The van der Waals surface area contributed by atoms with E-state index in [1.54, 1.807) is 12.1 Å². The molecule has 2 aromatic rings. The number of carbonyl (C=O) groups excluding carboxylic acids is 3. The second kappa shape index (κ2) is 7.72. The van der Waals surface area contributed by atoms with Gasteiger partial charge in [0.1, 0.15) is 0 Å². The average molecular weight is 379 g/mol. The van der Waals surface area contributed by atoms with Gasteiger partial charge in [0.05, 0.1) is 0 Å². The maximum absolute atomic E-state index is 12.9. The third-order valence-corrected chi connectivity index (χ3v) is 5.93. The summed E-state index contributed by atoms with van der Waals surface area (Å²) in [7, 11) is 0. The monoisotopic (exact) mass is 379 g/mol. The number of nitrogens with zero attached hydrogens (tertiary/aromatic N) is 2. The van der Waals surface area contributed by atoms with Crippen LogP contribution in [0.15, 0.2) is 36.4 Å². The molecule has 1 saturated heterocycles. The zero-order chi connectivity index (χ0) is 19.7. The third kappa shape index (κ3) is 3.29. The molecule has 146 valence electrons. The highest BCUT2D eigenvalue weighted by molar-refractivity contribution is 6.25. The number of imide groups is 1. The molecule has 0 aromatic heterocycles. The quantitative estimate of drug-likeness (QED) is 0.809. The normalized spacial score (nSPS) is 17.5. The van der Waals surface area contributed by atoms with Crippen molar-refractivity contribution in [2.24, 2.45) is 11.7 Å². The molecule has 2 N–H and O–H groups in total. The lowest BCUT2D eigenvalue weighted by Gasteiger charge is -2.32. The van der Waals surface area contributed by atoms with Gasteiger partial charge in [0.15, 0.2) is 0 Å². The lowest BCUT2D eigenvalue weighted by Crippen LogP contribution is -2.42. The fourth-order valence-corrected chi connectivity index (χ4v) is 4.25. The molecule has 3 amide bonds. The van der Waals surface area contributed by atoms with E-state index in [1.807, 2.05) is 29.2 Å². The third-order valence-electron chi connectivity index (χ3n) is 5.93. The van der Waals surface area contributed by atoms with Crippen molar-refractivity contribution in [3.63, 3.8) is 0 Å². The molecule has 4 rings (SSSR count). The Bertz CT molecular complexity index is 881. The fourth-order valence-electron chi connectivity index (χ4n) is 4.25. The summed E-state index contributed by atoms with van der Waals surface area (Å²) in [5.74, 6) is 0.0568. The van der Waals surface area contributed by atoms with Gasteiger partial charge in [-0.25, -0.2) is 0 Å². The zero-order valence-corrected chi connectivity index (χ0v) is 15.9. The molecule has 2 heterocycles. The number of likely N-dealkylation sites (tertiary alicyclic amines) is 1. The van der Waals surface area contributed by atoms with Crippen molar-refractivity contribution in [3.05, 3.63) is 47.5 Å².